The minimum Gasteiger partial charge on any atom is -0.497 e. The maximum Gasteiger partial charge on any atom is 0.119 e. The summed E-state index contributed by atoms with van der Waals surface area (Å²) >= 11 is 0. The smallest absolute Gasteiger partial charge is 0.119 e. The topological polar surface area (TPSA) is 21.3 Å². The van der Waals surface area contributed by atoms with Gasteiger partial charge in [-0.05, 0) is 98.8 Å². The molecule has 0 saturated heterocycles. The molecular weight excluding hydrogens is 282 g/mol. The van der Waals surface area contributed by atoms with Gasteiger partial charge in [-0.15, -0.1) is 0 Å². The molecule has 126 valence electrons. The predicted molar refractivity (Wildman–Crippen MR) is 95.9 cm³/mol. The molecule has 1 aromatic rings. The summed E-state index contributed by atoms with van der Waals surface area (Å²) in [5.74, 6) is 4.10. The van der Waals surface area contributed by atoms with Crippen molar-refractivity contribution in [1.82, 2.24) is 0 Å². The summed E-state index contributed by atoms with van der Waals surface area (Å²) in [7, 11) is 1.73. The number of rotatable bonds is 6. The second-order valence-corrected chi connectivity index (χ2v) is 8.60. The van der Waals surface area contributed by atoms with E-state index >= 15 is 0 Å². The van der Waals surface area contributed by atoms with Crippen molar-refractivity contribution >= 4 is 5.69 Å². The molecule has 0 heterocycles. The SMILES string of the molecule is CCC(CC12CC3CC(CC(C3)C1)C2)Nc1ccc(OC)cc1. The van der Waals surface area contributed by atoms with Gasteiger partial charge in [0.2, 0.25) is 0 Å². The molecule has 4 saturated carbocycles. The summed E-state index contributed by atoms with van der Waals surface area (Å²) in [4.78, 5) is 0. The number of ether oxygens (including phenoxy) is 1. The zero-order valence-corrected chi connectivity index (χ0v) is 14.7. The van der Waals surface area contributed by atoms with Gasteiger partial charge in [-0.3, -0.25) is 0 Å². The van der Waals surface area contributed by atoms with Crippen molar-refractivity contribution in [2.75, 3.05) is 12.4 Å². The molecule has 0 amide bonds. The number of hydrogen-bond donors (Lipinski definition) is 1. The van der Waals surface area contributed by atoms with Crippen molar-refractivity contribution in [2.24, 2.45) is 23.2 Å². The van der Waals surface area contributed by atoms with Crippen molar-refractivity contribution in [3.8, 4) is 5.75 Å². The standard InChI is InChI=1S/C21H31NO/c1-3-18(22-19-4-6-20(23-2)7-5-19)14-21-11-15-8-16(12-21)10-17(9-15)13-21/h4-7,15-18,22H,3,8-14H2,1-2H3. The maximum atomic E-state index is 5.26. The third kappa shape index (κ3) is 3.09. The third-order valence-corrected chi connectivity index (χ3v) is 6.80. The highest BCUT2D eigenvalue weighted by Gasteiger charge is 2.51. The molecule has 0 radical (unpaired) electrons. The minimum absolute atomic E-state index is 0.611. The molecule has 1 atom stereocenters. The van der Waals surface area contributed by atoms with E-state index < -0.39 is 0 Å². The number of methoxy groups -OCH3 is 1. The fourth-order valence-corrected chi connectivity index (χ4v) is 6.28. The lowest BCUT2D eigenvalue weighted by Gasteiger charge is -2.57. The molecule has 2 nitrogen and oxygen atoms in total. The first kappa shape index (κ1) is 15.4. The molecular formula is C21H31NO. The van der Waals surface area contributed by atoms with Crippen LogP contribution in [0.15, 0.2) is 24.3 Å². The van der Waals surface area contributed by atoms with Crippen LogP contribution in [0.4, 0.5) is 5.69 Å². The average Bonchev–Trinajstić information content (AvgIpc) is 2.53. The molecule has 1 aromatic carbocycles. The highest BCUT2D eigenvalue weighted by atomic mass is 16.5. The van der Waals surface area contributed by atoms with Crippen molar-refractivity contribution in [1.29, 1.82) is 0 Å². The molecule has 4 fully saturated rings. The van der Waals surface area contributed by atoms with Crippen LogP contribution in [0.1, 0.15) is 58.3 Å². The van der Waals surface area contributed by atoms with Gasteiger partial charge in [0.25, 0.3) is 0 Å². The number of anilines is 1. The van der Waals surface area contributed by atoms with Crippen LogP contribution in [0.2, 0.25) is 0 Å². The molecule has 1 N–H and O–H groups in total. The van der Waals surface area contributed by atoms with Crippen LogP contribution in [0, 0.1) is 23.2 Å². The van der Waals surface area contributed by atoms with E-state index in [-0.39, 0.29) is 0 Å². The van der Waals surface area contributed by atoms with E-state index in [1.54, 1.807) is 26.4 Å². The quantitative estimate of drug-likeness (QED) is 0.749. The Morgan fingerprint density at radius 3 is 2.09 bits per heavy atom. The van der Waals surface area contributed by atoms with E-state index in [4.69, 9.17) is 4.74 Å². The summed E-state index contributed by atoms with van der Waals surface area (Å²) in [6.07, 6.45) is 11.8. The normalized spacial score (nSPS) is 36.0. The van der Waals surface area contributed by atoms with Gasteiger partial charge in [0.1, 0.15) is 5.75 Å². The van der Waals surface area contributed by atoms with E-state index in [1.807, 2.05) is 0 Å². The van der Waals surface area contributed by atoms with Crippen LogP contribution < -0.4 is 10.1 Å². The van der Waals surface area contributed by atoms with Crippen molar-refractivity contribution in [3.63, 3.8) is 0 Å². The van der Waals surface area contributed by atoms with Gasteiger partial charge in [-0.25, -0.2) is 0 Å². The fourth-order valence-electron chi connectivity index (χ4n) is 6.28. The largest absolute Gasteiger partial charge is 0.497 e. The van der Waals surface area contributed by atoms with Crippen LogP contribution in [0.3, 0.4) is 0 Å². The van der Waals surface area contributed by atoms with E-state index in [9.17, 15) is 0 Å². The maximum absolute atomic E-state index is 5.26. The summed E-state index contributed by atoms with van der Waals surface area (Å²) in [5, 5.41) is 3.80. The van der Waals surface area contributed by atoms with Crippen molar-refractivity contribution in [2.45, 2.75) is 64.3 Å². The number of benzene rings is 1. The Kier molecular flexibility index (Phi) is 4.03. The van der Waals surface area contributed by atoms with Crippen LogP contribution in [-0.4, -0.2) is 13.2 Å². The van der Waals surface area contributed by atoms with Gasteiger partial charge >= 0.3 is 0 Å². The summed E-state index contributed by atoms with van der Waals surface area (Å²) in [6.45, 7) is 2.34. The molecule has 4 bridgehead atoms. The van der Waals surface area contributed by atoms with Gasteiger partial charge in [0.05, 0.1) is 7.11 Å². The van der Waals surface area contributed by atoms with Gasteiger partial charge in [0, 0.05) is 11.7 Å². The van der Waals surface area contributed by atoms with Crippen molar-refractivity contribution < 1.29 is 4.74 Å². The Labute approximate surface area is 141 Å². The van der Waals surface area contributed by atoms with Crippen LogP contribution >= 0.6 is 0 Å². The monoisotopic (exact) mass is 313 g/mol. The molecule has 23 heavy (non-hydrogen) atoms. The molecule has 0 aliphatic heterocycles. The minimum atomic E-state index is 0.611. The highest BCUT2D eigenvalue weighted by Crippen LogP contribution is 2.61. The van der Waals surface area contributed by atoms with Gasteiger partial charge in [0.15, 0.2) is 0 Å². The first-order valence-corrected chi connectivity index (χ1v) is 9.58. The van der Waals surface area contributed by atoms with Crippen LogP contribution in [0.5, 0.6) is 5.75 Å². The van der Waals surface area contributed by atoms with E-state index in [0.29, 0.717) is 11.5 Å². The molecule has 0 spiro atoms. The second kappa shape index (κ2) is 6.03. The predicted octanol–water partition coefficient (Wildman–Crippen LogP) is 5.49. The Balaban J connectivity index is 1.43. The third-order valence-electron chi connectivity index (χ3n) is 6.80. The van der Waals surface area contributed by atoms with Crippen LogP contribution in [0.25, 0.3) is 0 Å². The zero-order chi connectivity index (χ0) is 15.9. The molecule has 4 aliphatic carbocycles. The Morgan fingerprint density at radius 2 is 1.61 bits per heavy atom. The van der Waals surface area contributed by atoms with Crippen LogP contribution in [-0.2, 0) is 0 Å². The highest BCUT2D eigenvalue weighted by molar-refractivity contribution is 5.47. The van der Waals surface area contributed by atoms with Gasteiger partial charge in [-0.2, -0.15) is 0 Å². The van der Waals surface area contributed by atoms with Gasteiger partial charge in [-0.1, -0.05) is 6.92 Å². The van der Waals surface area contributed by atoms with E-state index in [0.717, 1.165) is 23.5 Å². The van der Waals surface area contributed by atoms with Gasteiger partial charge < -0.3 is 10.1 Å². The molecule has 5 rings (SSSR count). The molecule has 2 heteroatoms. The number of nitrogens with one attached hydrogen (secondary N) is 1. The lowest BCUT2D eigenvalue weighted by molar-refractivity contribution is -0.0595. The summed E-state index contributed by atoms with van der Waals surface area (Å²) < 4.78 is 5.26. The first-order chi connectivity index (χ1) is 11.2. The summed E-state index contributed by atoms with van der Waals surface area (Å²) in [6, 6.07) is 9.03. The Morgan fingerprint density at radius 1 is 1.04 bits per heavy atom. The second-order valence-electron chi connectivity index (χ2n) is 8.60. The lowest BCUT2D eigenvalue weighted by atomic mass is 9.48. The van der Waals surface area contributed by atoms with E-state index in [2.05, 4.69) is 36.5 Å². The number of hydrogen-bond acceptors (Lipinski definition) is 2. The lowest BCUT2D eigenvalue weighted by Crippen LogP contribution is -2.48. The average molecular weight is 313 g/mol. The van der Waals surface area contributed by atoms with E-state index in [1.165, 1.54) is 37.8 Å². The Bertz CT molecular complexity index is 500. The molecule has 1 unspecified atom stereocenters. The fraction of sp³-hybridized carbons (Fsp3) is 0.714. The molecule has 0 aromatic heterocycles. The zero-order valence-electron chi connectivity index (χ0n) is 14.7. The molecule has 4 aliphatic rings. The first-order valence-electron chi connectivity index (χ1n) is 9.58. The summed E-state index contributed by atoms with van der Waals surface area (Å²) in [5.41, 5.74) is 1.90. The Hall–Kier alpha value is -1.18. The van der Waals surface area contributed by atoms with Crippen molar-refractivity contribution in [3.05, 3.63) is 24.3 Å².